The Kier molecular flexibility index (Phi) is 14.3. The summed E-state index contributed by atoms with van der Waals surface area (Å²) < 4.78 is 26.7. The van der Waals surface area contributed by atoms with Crippen LogP contribution >= 0.6 is 0 Å². The van der Waals surface area contributed by atoms with Crippen LogP contribution in [0, 0.1) is 0 Å². The van der Waals surface area contributed by atoms with E-state index in [-0.39, 0.29) is 54.0 Å². The van der Waals surface area contributed by atoms with Crippen LogP contribution in [-0.4, -0.2) is 37.7 Å². The molecule has 0 aromatic heterocycles. The third-order valence-electron chi connectivity index (χ3n) is 0. The Hall–Kier alpha value is 2.11. The largest absolute Gasteiger partial charge is 3.00 e. The third kappa shape index (κ3) is 68.1. The number of hydrogen-bond acceptors (Lipinski definition) is 4. The molecular weight excluding hydrogens is 257 g/mol. The van der Waals surface area contributed by atoms with Crippen LogP contribution in [0.5, 0.6) is 0 Å². The summed E-state index contributed by atoms with van der Waals surface area (Å²) in [5.74, 6) is 0. The average molecular weight is 257 g/mol. The van der Waals surface area contributed by atoms with Crippen molar-refractivity contribution in [3.63, 3.8) is 0 Å². The minimum Gasteiger partial charge on any atom is -0.780 e. The Morgan fingerprint density at radius 3 is 1.43 bits per heavy atom. The fourth-order valence-electron chi connectivity index (χ4n) is 0. The Morgan fingerprint density at radius 1 is 1.43 bits per heavy atom. The van der Waals surface area contributed by atoms with E-state index in [1.54, 1.807) is 0 Å². The van der Waals surface area contributed by atoms with Gasteiger partial charge in [0.25, 0.3) is 0 Å². The first-order valence-electron chi connectivity index (χ1n) is 0.667. The maximum absolute atomic E-state index is 8.89. The van der Waals surface area contributed by atoms with Gasteiger partial charge in [-0.1, -0.05) is 0 Å². The molecule has 0 aliphatic rings. The van der Waals surface area contributed by atoms with Crippen molar-refractivity contribution in [1.29, 1.82) is 0 Å². The van der Waals surface area contributed by atoms with Crippen LogP contribution < -0.4 is 29.6 Å². The summed E-state index contributed by atoms with van der Waals surface area (Å²) in [5.41, 5.74) is 0. The molecule has 0 spiro atoms. The summed E-state index contributed by atoms with van der Waals surface area (Å²) in [6, 6.07) is 0. The van der Waals surface area contributed by atoms with Gasteiger partial charge in [-0.2, -0.15) is 0 Å². The SMILES string of the molecule is O=S([O-])([O-])=S.[Na+].[Sb+3]. The van der Waals surface area contributed by atoms with Gasteiger partial charge < -0.3 is 9.11 Å². The van der Waals surface area contributed by atoms with Crippen molar-refractivity contribution in [3.05, 3.63) is 0 Å². The standard InChI is InChI=1S/Na.H2O3S2.Sb/c;1-5(2,3)4;/h;(H2,1,2,3,4);/q+1;;+3/p-2. The van der Waals surface area contributed by atoms with Crippen molar-refractivity contribution in [1.82, 2.24) is 0 Å². The molecule has 0 heterocycles. The van der Waals surface area contributed by atoms with E-state index in [2.05, 4.69) is 11.2 Å². The molecule has 7 heavy (non-hydrogen) atoms. The van der Waals surface area contributed by atoms with E-state index in [4.69, 9.17) is 13.3 Å². The minimum atomic E-state index is -4.33. The van der Waals surface area contributed by atoms with Gasteiger partial charge in [-0.3, -0.25) is 4.21 Å². The number of rotatable bonds is 0. The van der Waals surface area contributed by atoms with Crippen LogP contribution in [0.3, 0.4) is 0 Å². The first-order valence-corrected chi connectivity index (χ1v) is 3.00. The van der Waals surface area contributed by atoms with E-state index >= 15 is 0 Å². The Morgan fingerprint density at radius 2 is 1.43 bits per heavy atom. The van der Waals surface area contributed by atoms with Gasteiger partial charge in [0.15, 0.2) is 0 Å². The minimum absolute atomic E-state index is 0. The Balaban J connectivity index is -0.0000000800. The van der Waals surface area contributed by atoms with Crippen LogP contribution in [0.25, 0.3) is 0 Å². The molecule has 0 saturated carbocycles. The average Bonchev–Trinajstić information content (AvgIpc) is 0.722. The summed E-state index contributed by atoms with van der Waals surface area (Å²) in [4.78, 5) is 0. The summed E-state index contributed by atoms with van der Waals surface area (Å²) in [6.45, 7) is 0. The predicted molar refractivity (Wildman–Crippen MR) is 22.8 cm³/mol. The zero-order valence-electron chi connectivity index (χ0n) is 3.49. The molecule has 0 aliphatic heterocycles. The maximum atomic E-state index is 8.89. The molecule has 0 bridgehead atoms. The molecule has 0 amide bonds. The van der Waals surface area contributed by atoms with Crippen LogP contribution in [-0.2, 0) is 20.2 Å². The third-order valence-corrected chi connectivity index (χ3v) is 0. The second-order valence-electron chi connectivity index (χ2n) is 0.408. The van der Waals surface area contributed by atoms with E-state index in [1.165, 1.54) is 0 Å². The summed E-state index contributed by atoms with van der Waals surface area (Å²) in [5, 5.41) is 0. The molecule has 0 rings (SSSR count). The molecule has 34 valence electrons. The molecule has 3 nitrogen and oxygen atoms in total. The molecule has 0 atom stereocenters. The fraction of sp³-hybridized carbons (Fsp3) is 0. The van der Waals surface area contributed by atoms with Crippen LogP contribution in [0.2, 0.25) is 0 Å². The molecule has 0 fully saturated rings. The topological polar surface area (TPSA) is 63.2 Å². The molecule has 0 aliphatic carbocycles. The van der Waals surface area contributed by atoms with Gasteiger partial charge in [0, 0.05) is 0 Å². The van der Waals surface area contributed by atoms with Crippen molar-refractivity contribution in [2.45, 2.75) is 0 Å². The number of hydrogen-bond donors (Lipinski definition) is 0. The van der Waals surface area contributed by atoms with Crippen LogP contribution in [0.15, 0.2) is 0 Å². The van der Waals surface area contributed by atoms with Crippen molar-refractivity contribution in [2.75, 3.05) is 0 Å². The van der Waals surface area contributed by atoms with Gasteiger partial charge in [-0.25, -0.2) is 0 Å². The van der Waals surface area contributed by atoms with Gasteiger partial charge >= 0.3 is 54.0 Å². The van der Waals surface area contributed by atoms with Gasteiger partial charge in [0.2, 0.25) is 0 Å². The molecule has 0 aromatic carbocycles. The summed E-state index contributed by atoms with van der Waals surface area (Å²) in [6.07, 6.45) is 0. The van der Waals surface area contributed by atoms with E-state index in [0.717, 1.165) is 0 Å². The first kappa shape index (κ1) is 16.0. The van der Waals surface area contributed by atoms with Gasteiger partial charge in [0.05, 0.1) is 0 Å². The Bertz CT molecular complexity index is 96.1. The van der Waals surface area contributed by atoms with Crippen molar-refractivity contribution >= 4 is 44.7 Å². The summed E-state index contributed by atoms with van der Waals surface area (Å²) in [7, 11) is -4.33. The van der Waals surface area contributed by atoms with Crippen molar-refractivity contribution in [2.24, 2.45) is 0 Å². The predicted octanol–water partition coefficient (Wildman–Crippen LogP) is -4.38. The molecule has 0 aromatic rings. The smallest absolute Gasteiger partial charge is 0.780 e. The zero-order valence-corrected chi connectivity index (χ0v) is 9.67. The van der Waals surface area contributed by atoms with Crippen LogP contribution in [0.4, 0.5) is 0 Å². The van der Waals surface area contributed by atoms with Crippen molar-refractivity contribution < 1.29 is 42.9 Å². The van der Waals surface area contributed by atoms with E-state index in [1.807, 2.05) is 0 Å². The zero-order chi connectivity index (χ0) is 4.50. The second-order valence-corrected chi connectivity index (χ2v) is 2.45. The van der Waals surface area contributed by atoms with Gasteiger partial charge in [0.1, 0.15) is 0 Å². The van der Waals surface area contributed by atoms with Gasteiger partial charge in [-0.05, 0) is 11.2 Å². The molecule has 0 unspecified atom stereocenters. The quantitative estimate of drug-likeness (QED) is 0.411. The second kappa shape index (κ2) is 6.23. The molecular formula is NaO3S2Sb+2. The molecule has 0 N–H and O–H groups in total. The van der Waals surface area contributed by atoms with Gasteiger partial charge in [-0.15, -0.1) is 9.05 Å². The van der Waals surface area contributed by atoms with Crippen LogP contribution in [0.1, 0.15) is 0 Å². The normalized spacial score (nSPS) is 8.29. The fourth-order valence-corrected chi connectivity index (χ4v) is 0. The Labute approximate surface area is 86.3 Å². The molecule has 0 saturated heterocycles. The van der Waals surface area contributed by atoms with E-state index in [0.29, 0.717) is 0 Å². The van der Waals surface area contributed by atoms with E-state index in [9.17, 15) is 0 Å². The molecule has 7 heteroatoms. The van der Waals surface area contributed by atoms with Crippen molar-refractivity contribution in [3.8, 4) is 0 Å². The summed E-state index contributed by atoms with van der Waals surface area (Å²) >= 11 is 3.24. The maximum Gasteiger partial charge on any atom is 3.00 e. The monoisotopic (exact) mass is 256 g/mol. The van der Waals surface area contributed by atoms with E-state index < -0.39 is 9.05 Å². The molecule has 2 radical (unpaired) electrons. The first-order chi connectivity index (χ1) is 2.00.